The third-order valence-corrected chi connectivity index (χ3v) is 5.91. The molecule has 0 unspecified atom stereocenters. The van der Waals surface area contributed by atoms with Crippen LogP contribution in [0.15, 0.2) is 70.9 Å². The highest BCUT2D eigenvalue weighted by Crippen LogP contribution is 2.12. The van der Waals surface area contributed by atoms with Crippen molar-refractivity contribution in [3.05, 3.63) is 105 Å². The maximum Gasteiger partial charge on any atom is 0.271 e. The highest BCUT2D eigenvalue weighted by Gasteiger charge is 2.09. The summed E-state index contributed by atoms with van der Waals surface area (Å²) < 4.78 is 0. The topological polar surface area (TPSA) is 82.9 Å². The zero-order chi connectivity index (χ0) is 24.8. The first-order chi connectivity index (χ1) is 16.2. The summed E-state index contributed by atoms with van der Waals surface area (Å²) in [6, 6.07) is 18.4. The van der Waals surface area contributed by atoms with E-state index in [0.29, 0.717) is 22.6 Å². The highest BCUT2D eigenvalue weighted by molar-refractivity contribution is 6.02. The molecule has 174 valence electrons. The van der Waals surface area contributed by atoms with Gasteiger partial charge in [0, 0.05) is 11.1 Å². The SMILES string of the molecule is CC(=NNC(=O)c1ccc(C(=O)NN=C(C)c2ccc(C)c(C)c2)cc1)c1ccc(C)c(C)c1. The van der Waals surface area contributed by atoms with Crippen LogP contribution in [0.5, 0.6) is 0 Å². The van der Waals surface area contributed by atoms with Gasteiger partial charge in [0.05, 0.1) is 11.4 Å². The maximum absolute atomic E-state index is 12.5. The molecule has 0 aromatic heterocycles. The van der Waals surface area contributed by atoms with Crippen LogP contribution in [0.2, 0.25) is 0 Å². The lowest BCUT2D eigenvalue weighted by Crippen LogP contribution is -2.21. The second kappa shape index (κ2) is 10.7. The predicted octanol–water partition coefficient (Wildman–Crippen LogP) is 5.23. The van der Waals surface area contributed by atoms with Gasteiger partial charge in [0.1, 0.15) is 0 Å². The fourth-order valence-corrected chi connectivity index (χ4v) is 3.23. The smallest absolute Gasteiger partial charge is 0.267 e. The number of hydrazone groups is 2. The summed E-state index contributed by atoms with van der Waals surface area (Å²) in [5, 5.41) is 8.42. The number of aryl methyl sites for hydroxylation is 4. The number of carbonyl (C=O) groups excluding carboxylic acids is 2. The van der Waals surface area contributed by atoms with Crippen LogP contribution in [0.1, 0.15) is 67.9 Å². The second-order valence-electron chi connectivity index (χ2n) is 8.45. The Morgan fingerprint density at radius 3 is 1.18 bits per heavy atom. The van der Waals surface area contributed by atoms with E-state index in [4.69, 9.17) is 0 Å². The number of hydrogen-bond donors (Lipinski definition) is 2. The summed E-state index contributed by atoms with van der Waals surface area (Å²) in [5.41, 5.74) is 14.0. The normalized spacial score (nSPS) is 11.8. The van der Waals surface area contributed by atoms with Gasteiger partial charge in [0.25, 0.3) is 11.8 Å². The molecule has 0 saturated heterocycles. The van der Waals surface area contributed by atoms with E-state index in [1.807, 2.05) is 64.1 Å². The minimum absolute atomic E-state index is 0.348. The molecule has 0 radical (unpaired) electrons. The molecule has 0 aliphatic carbocycles. The van der Waals surface area contributed by atoms with Crippen molar-refractivity contribution in [1.29, 1.82) is 0 Å². The summed E-state index contributed by atoms with van der Waals surface area (Å²) >= 11 is 0. The monoisotopic (exact) mass is 454 g/mol. The molecule has 0 heterocycles. The number of nitrogens with one attached hydrogen (secondary N) is 2. The van der Waals surface area contributed by atoms with E-state index in [1.165, 1.54) is 22.3 Å². The number of rotatable bonds is 6. The van der Waals surface area contributed by atoms with Crippen molar-refractivity contribution >= 4 is 23.2 Å². The lowest BCUT2D eigenvalue weighted by atomic mass is 10.0. The Morgan fingerprint density at radius 2 is 0.853 bits per heavy atom. The van der Waals surface area contributed by atoms with Crippen molar-refractivity contribution in [3.8, 4) is 0 Å². The van der Waals surface area contributed by atoms with Gasteiger partial charge in [-0.2, -0.15) is 10.2 Å². The van der Waals surface area contributed by atoms with Crippen molar-refractivity contribution < 1.29 is 9.59 Å². The largest absolute Gasteiger partial charge is 0.271 e. The number of amides is 2. The number of carbonyl (C=O) groups is 2. The summed E-state index contributed by atoms with van der Waals surface area (Å²) in [4.78, 5) is 24.9. The molecule has 6 nitrogen and oxygen atoms in total. The molecule has 0 saturated carbocycles. The van der Waals surface area contributed by atoms with Crippen LogP contribution < -0.4 is 10.9 Å². The van der Waals surface area contributed by atoms with E-state index in [2.05, 4.69) is 34.9 Å². The van der Waals surface area contributed by atoms with Gasteiger partial charge in [-0.15, -0.1) is 0 Å². The number of benzene rings is 3. The van der Waals surface area contributed by atoms with Crippen LogP contribution in [0, 0.1) is 27.7 Å². The zero-order valence-corrected chi connectivity index (χ0v) is 20.5. The zero-order valence-electron chi connectivity index (χ0n) is 20.5. The van der Waals surface area contributed by atoms with Crippen molar-refractivity contribution in [2.45, 2.75) is 41.5 Å². The lowest BCUT2D eigenvalue weighted by Gasteiger charge is -2.07. The molecular weight excluding hydrogens is 424 g/mol. The van der Waals surface area contributed by atoms with Gasteiger partial charge < -0.3 is 0 Å². The van der Waals surface area contributed by atoms with Crippen molar-refractivity contribution in [1.82, 2.24) is 10.9 Å². The lowest BCUT2D eigenvalue weighted by molar-refractivity contribution is 0.0943. The molecule has 0 bridgehead atoms. The third kappa shape index (κ3) is 6.04. The molecule has 3 aromatic rings. The first-order valence-electron chi connectivity index (χ1n) is 11.1. The van der Waals surface area contributed by atoms with Crippen molar-refractivity contribution in [3.63, 3.8) is 0 Å². The molecule has 3 aromatic carbocycles. The van der Waals surface area contributed by atoms with Crippen molar-refractivity contribution in [2.75, 3.05) is 0 Å². The van der Waals surface area contributed by atoms with Gasteiger partial charge in [-0.1, -0.05) is 24.3 Å². The van der Waals surface area contributed by atoms with Gasteiger partial charge in [0.15, 0.2) is 0 Å². The third-order valence-electron chi connectivity index (χ3n) is 5.91. The van der Waals surface area contributed by atoms with Crippen LogP contribution in [0.3, 0.4) is 0 Å². The van der Waals surface area contributed by atoms with Gasteiger partial charge in [-0.3, -0.25) is 9.59 Å². The molecule has 0 aliphatic rings. The Hall–Kier alpha value is -4.06. The van der Waals surface area contributed by atoms with E-state index in [9.17, 15) is 9.59 Å². The molecular formula is C28H30N4O2. The van der Waals surface area contributed by atoms with Crippen molar-refractivity contribution in [2.24, 2.45) is 10.2 Å². The number of nitrogens with zero attached hydrogens (tertiary/aromatic N) is 2. The fourth-order valence-electron chi connectivity index (χ4n) is 3.23. The molecule has 3 rings (SSSR count). The minimum atomic E-state index is -0.348. The summed E-state index contributed by atoms with van der Waals surface area (Å²) in [5.74, 6) is -0.697. The molecule has 0 fully saturated rings. The van der Waals surface area contributed by atoms with Gasteiger partial charge in [0.2, 0.25) is 0 Å². The van der Waals surface area contributed by atoms with Crippen LogP contribution in [0.25, 0.3) is 0 Å². The Balaban J connectivity index is 1.62. The van der Waals surface area contributed by atoms with E-state index >= 15 is 0 Å². The maximum atomic E-state index is 12.5. The molecule has 2 amide bonds. The Bertz CT molecular complexity index is 1190. The first kappa shape index (κ1) is 24.6. The van der Waals surface area contributed by atoms with E-state index in [1.54, 1.807) is 24.3 Å². The quantitative estimate of drug-likeness (QED) is 0.395. The molecule has 0 atom stereocenters. The predicted molar refractivity (Wildman–Crippen MR) is 138 cm³/mol. The highest BCUT2D eigenvalue weighted by atomic mass is 16.2. The average molecular weight is 455 g/mol. The molecule has 0 aliphatic heterocycles. The van der Waals surface area contributed by atoms with Gasteiger partial charge in [-0.05, 0) is 111 Å². The summed E-state index contributed by atoms with van der Waals surface area (Å²) in [6.07, 6.45) is 0. The minimum Gasteiger partial charge on any atom is -0.267 e. The van der Waals surface area contributed by atoms with Gasteiger partial charge >= 0.3 is 0 Å². The molecule has 2 N–H and O–H groups in total. The first-order valence-corrected chi connectivity index (χ1v) is 11.1. The Labute approximate surface area is 200 Å². The molecule has 0 spiro atoms. The average Bonchev–Trinajstić information content (AvgIpc) is 2.84. The van der Waals surface area contributed by atoms with Crippen LogP contribution in [0.4, 0.5) is 0 Å². The standard InChI is InChI=1S/C28H30N4O2/c1-17-7-9-25(15-19(17)3)21(5)29-31-27(33)23-11-13-24(14-12-23)28(34)32-30-22(6)26-10-8-18(2)20(4)16-26/h7-16H,1-6H3,(H,31,33)(H,32,34). The number of hydrogen-bond acceptors (Lipinski definition) is 4. The Kier molecular flexibility index (Phi) is 7.74. The second-order valence-corrected chi connectivity index (χ2v) is 8.45. The van der Waals surface area contributed by atoms with Crippen LogP contribution in [-0.4, -0.2) is 23.2 Å². The summed E-state index contributed by atoms with van der Waals surface area (Å²) in [7, 11) is 0. The molecule has 34 heavy (non-hydrogen) atoms. The van der Waals surface area contributed by atoms with E-state index < -0.39 is 0 Å². The van der Waals surface area contributed by atoms with Gasteiger partial charge in [-0.25, -0.2) is 10.9 Å². The summed E-state index contributed by atoms with van der Waals surface area (Å²) in [6.45, 7) is 11.9. The molecule has 6 heteroatoms. The Morgan fingerprint density at radius 1 is 0.529 bits per heavy atom. The van der Waals surface area contributed by atoms with Crippen LogP contribution >= 0.6 is 0 Å². The fraction of sp³-hybridized carbons (Fsp3) is 0.214. The van der Waals surface area contributed by atoms with E-state index in [0.717, 1.165) is 11.1 Å². The van der Waals surface area contributed by atoms with E-state index in [-0.39, 0.29) is 11.8 Å². The van der Waals surface area contributed by atoms with Crippen LogP contribution in [-0.2, 0) is 0 Å².